The molecule has 0 aromatic heterocycles. The number of hydrogen-bond donors (Lipinski definition) is 2. The predicted molar refractivity (Wildman–Crippen MR) is 79.7 cm³/mol. The average molecular weight is 263 g/mol. The van der Waals surface area contributed by atoms with Gasteiger partial charge in [-0.25, -0.2) is 0 Å². The van der Waals surface area contributed by atoms with Gasteiger partial charge in [0.25, 0.3) is 0 Å². The zero-order chi connectivity index (χ0) is 14.5. The van der Waals surface area contributed by atoms with E-state index in [1.165, 1.54) is 5.56 Å². The van der Waals surface area contributed by atoms with Gasteiger partial charge < -0.3 is 11.1 Å². The second-order valence-corrected chi connectivity index (χ2v) is 5.84. The summed E-state index contributed by atoms with van der Waals surface area (Å²) in [5, 5.41) is 2.98. The summed E-state index contributed by atoms with van der Waals surface area (Å²) in [7, 11) is 0. The van der Waals surface area contributed by atoms with Crippen molar-refractivity contribution in [2.75, 3.05) is 18.8 Å². The zero-order valence-corrected chi connectivity index (χ0v) is 12.4. The molecule has 1 rings (SSSR count). The van der Waals surface area contributed by atoms with Gasteiger partial charge in [-0.2, -0.15) is 0 Å². The number of nitrogens with one attached hydrogen (secondary N) is 1. The summed E-state index contributed by atoms with van der Waals surface area (Å²) >= 11 is 0. The van der Waals surface area contributed by atoms with Gasteiger partial charge >= 0.3 is 0 Å². The van der Waals surface area contributed by atoms with Crippen molar-refractivity contribution in [3.63, 3.8) is 0 Å². The van der Waals surface area contributed by atoms with Crippen LogP contribution < -0.4 is 11.1 Å². The Morgan fingerprint density at radius 2 is 1.84 bits per heavy atom. The van der Waals surface area contributed by atoms with Crippen molar-refractivity contribution in [3.8, 4) is 0 Å². The van der Waals surface area contributed by atoms with Gasteiger partial charge in [0.2, 0.25) is 5.91 Å². The molecule has 0 spiro atoms. The molecule has 0 saturated carbocycles. The fourth-order valence-electron chi connectivity index (χ4n) is 1.82. The van der Waals surface area contributed by atoms with E-state index >= 15 is 0 Å². The predicted octanol–water partition coefficient (Wildman–Crippen LogP) is 2.01. The highest BCUT2D eigenvalue weighted by atomic mass is 16.2. The molecule has 0 aliphatic rings. The van der Waals surface area contributed by atoms with Gasteiger partial charge in [-0.1, -0.05) is 19.1 Å². The Hall–Kier alpha value is -1.55. The van der Waals surface area contributed by atoms with Crippen molar-refractivity contribution in [3.05, 3.63) is 29.8 Å². The van der Waals surface area contributed by atoms with Crippen LogP contribution in [0.15, 0.2) is 24.3 Å². The lowest BCUT2D eigenvalue weighted by Gasteiger charge is -2.25. The summed E-state index contributed by atoms with van der Waals surface area (Å²) in [4.78, 5) is 14.0. The maximum Gasteiger partial charge on any atom is 0.234 e. The van der Waals surface area contributed by atoms with E-state index in [0.29, 0.717) is 6.54 Å². The van der Waals surface area contributed by atoms with Crippen molar-refractivity contribution >= 4 is 11.6 Å². The topological polar surface area (TPSA) is 58.4 Å². The zero-order valence-electron chi connectivity index (χ0n) is 12.4. The lowest BCUT2D eigenvalue weighted by Crippen LogP contribution is -2.45. The van der Waals surface area contributed by atoms with Crippen LogP contribution in [0.5, 0.6) is 0 Å². The molecule has 0 heterocycles. The first kappa shape index (κ1) is 15.5. The minimum Gasteiger partial charge on any atom is -0.399 e. The first-order valence-electron chi connectivity index (χ1n) is 6.68. The van der Waals surface area contributed by atoms with Gasteiger partial charge in [0.1, 0.15) is 0 Å². The third-order valence-electron chi connectivity index (χ3n) is 2.71. The Kier molecular flexibility index (Phi) is 5.36. The fraction of sp³-hybridized carbons (Fsp3) is 0.533. The molecule has 0 aliphatic heterocycles. The number of amides is 1. The van der Waals surface area contributed by atoms with Crippen LogP contribution >= 0.6 is 0 Å². The van der Waals surface area contributed by atoms with E-state index in [0.717, 1.165) is 18.8 Å². The van der Waals surface area contributed by atoms with Gasteiger partial charge in [-0.3, -0.25) is 9.69 Å². The van der Waals surface area contributed by atoms with E-state index in [9.17, 15) is 4.79 Å². The van der Waals surface area contributed by atoms with Gasteiger partial charge in [0.05, 0.1) is 6.54 Å². The molecule has 3 N–H and O–H groups in total. The summed E-state index contributed by atoms with van der Waals surface area (Å²) in [5.74, 6) is 0.0600. The smallest absolute Gasteiger partial charge is 0.234 e. The minimum absolute atomic E-state index is 0.0600. The molecule has 0 bridgehead atoms. The van der Waals surface area contributed by atoms with Crippen molar-refractivity contribution in [1.29, 1.82) is 0 Å². The van der Waals surface area contributed by atoms with Crippen LogP contribution in [0.2, 0.25) is 0 Å². The highest BCUT2D eigenvalue weighted by Gasteiger charge is 2.16. The SMILES string of the molecule is CCN(CC(=O)NC(C)(C)C)Cc1ccc(N)cc1. The number of anilines is 1. The molecule has 0 saturated heterocycles. The molecule has 1 aromatic carbocycles. The summed E-state index contributed by atoms with van der Waals surface area (Å²) in [6, 6.07) is 7.77. The molecule has 4 nitrogen and oxygen atoms in total. The van der Waals surface area contributed by atoms with Crippen LogP contribution in [0.3, 0.4) is 0 Å². The Morgan fingerprint density at radius 1 is 1.26 bits per heavy atom. The highest BCUT2D eigenvalue weighted by Crippen LogP contribution is 2.08. The second kappa shape index (κ2) is 6.57. The average Bonchev–Trinajstić information content (AvgIpc) is 2.28. The normalized spacial score (nSPS) is 11.6. The van der Waals surface area contributed by atoms with E-state index in [1.54, 1.807) is 0 Å². The number of carbonyl (C=O) groups excluding carboxylic acids is 1. The van der Waals surface area contributed by atoms with Crippen LogP contribution in [0.25, 0.3) is 0 Å². The van der Waals surface area contributed by atoms with E-state index in [-0.39, 0.29) is 11.4 Å². The highest BCUT2D eigenvalue weighted by molar-refractivity contribution is 5.78. The Bertz CT molecular complexity index is 406. The van der Waals surface area contributed by atoms with Gasteiger partial charge in [0, 0.05) is 17.8 Å². The number of likely N-dealkylation sites (N-methyl/N-ethyl adjacent to an activating group) is 1. The van der Waals surface area contributed by atoms with E-state index < -0.39 is 0 Å². The summed E-state index contributed by atoms with van der Waals surface area (Å²) < 4.78 is 0. The van der Waals surface area contributed by atoms with E-state index in [1.807, 2.05) is 45.0 Å². The van der Waals surface area contributed by atoms with Crippen molar-refractivity contribution in [2.45, 2.75) is 39.8 Å². The first-order chi connectivity index (χ1) is 8.80. The lowest BCUT2D eigenvalue weighted by molar-refractivity contribution is -0.123. The van der Waals surface area contributed by atoms with Crippen LogP contribution in [0.1, 0.15) is 33.3 Å². The number of benzene rings is 1. The maximum absolute atomic E-state index is 11.9. The molecule has 1 amide bonds. The Labute approximate surface area is 116 Å². The molecule has 0 fully saturated rings. The molecule has 0 unspecified atom stereocenters. The van der Waals surface area contributed by atoms with E-state index in [2.05, 4.69) is 17.1 Å². The number of nitrogens with two attached hydrogens (primary N) is 1. The molecular formula is C15H25N3O. The summed E-state index contributed by atoms with van der Waals surface area (Å²) in [5.41, 5.74) is 7.41. The van der Waals surface area contributed by atoms with Crippen LogP contribution in [-0.4, -0.2) is 29.4 Å². The standard InChI is InChI=1S/C15H25N3O/c1-5-18(11-14(19)17-15(2,3)4)10-12-6-8-13(16)9-7-12/h6-9H,5,10-11,16H2,1-4H3,(H,17,19). The minimum atomic E-state index is -0.183. The number of nitrogen functional groups attached to an aromatic ring is 1. The van der Waals surface area contributed by atoms with Gasteiger partial charge in [-0.05, 0) is 45.0 Å². The van der Waals surface area contributed by atoms with Crippen LogP contribution in [0.4, 0.5) is 5.69 Å². The molecule has 0 radical (unpaired) electrons. The van der Waals surface area contributed by atoms with Crippen LogP contribution in [-0.2, 0) is 11.3 Å². The third-order valence-corrected chi connectivity index (χ3v) is 2.71. The molecule has 1 aromatic rings. The summed E-state index contributed by atoms with van der Waals surface area (Å²) in [6.07, 6.45) is 0. The Balaban J connectivity index is 2.54. The van der Waals surface area contributed by atoms with Crippen LogP contribution in [0, 0.1) is 0 Å². The molecule has 19 heavy (non-hydrogen) atoms. The van der Waals surface area contributed by atoms with Gasteiger partial charge in [0.15, 0.2) is 0 Å². The third kappa shape index (κ3) is 6.25. The molecule has 0 atom stereocenters. The number of carbonyl (C=O) groups is 1. The Morgan fingerprint density at radius 3 is 2.32 bits per heavy atom. The van der Waals surface area contributed by atoms with Crippen molar-refractivity contribution in [2.24, 2.45) is 0 Å². The molecular weight excluding hydrogens is 238 g/mol. The number of nitrogens with zero attached hydrogens (tertiary/aromatic N) is 1. The molecule has 0 aliphatic carbocycles. The van der Waals surface area contributed by atoms with Gasteiger partial charge in [-0.15, -0.1) is 0 Å². The lowest BCUT2D eigenvalue weighted by atomic mass is 10.1. The monoisotopic (exact) mass is 263 g/mol. The quantitative estimate of drug-likeness (QED) is 0.799. The van der Waals surface area contributed by atoms with Crippen molar-refractivity contribution < 1.29 is 4.79 Å². The second-order valence-electron chi connectivity index (χ2n) is 5.84. The fourth-order valence-corrected chi connectivity index (χ4v) is 1.82. The molecule has 4 heteroatoms. The van der Waals surface area contributed by atoms with E-state index in [4.69, 9.17) is 5.73 Å². The number of rotatable bonds is 5. The maximum atomic E-state index is 11.9. The van der Waals surface area contributed by atoms with Crippen molar-refractivity contribution in [1.82, 2.24) is 10.2 Å². The first-order valence-corrected chi connectivity index (χ1v) is 6.68. The largest absolute Gasteiger partial charge is 0.399 e. The molecule has 106 valence electrons. The summed E-state index contributed by atoms with van der Waals surface area (Å²) in [6.45, 7) is 10.0. The number of hydrogen-bond acceptors (Lipinski definition) is 3.